The number of hydrogen-bond acceptors (Lipinski definition) is 4. The number of aryl methyl sites for hydroxylation is 1. The lowest BCUT2D eigenvalue weighted by Crippen LogP contribution is -2.31. The van der Waals surface area contributed by atoms with E-state index in [1.165, 1.54) is 37.0 Å². The SMILES string of the molecule is Cc1sc(CO)cc1S(=O)(=O)NCC1CC2CCC1C2. The average Bonchev–Trinajstić information content (AvgIpc) is 3.10. The largest absolute Gasteiger partial charge is 0.391 e. The van der Waals surface area contributed by atoms with Crippen molar-refractivity contribution in [3.8, 4) is 0 Å². The smallest absolute Gasteiger partial charge is 0.241 e. The first-order chi connectivity index (χ1) is 9.49. The van der Waals surface area contributed by atoms with Gasteiger partial charge < -0.3 is 5.11 Å². The molecule has 0 saturated heterocycles. The lowest BCUT2D eigenvalue weighted by atomic mass is 9.89. The third kappa shape index (κ3) is 2.66. The van der Waals surface area contributed by atoms with Crippen molar-refractivity contribution in [2.75, 3.05) is 6.54 Å². The van der Waals surface area contributed by atoms with Gasteiger partial charge in [0.2, 0.25) is 10.0 Å². The normalized spacial score (nSPS) is 29.2. The summed E-state index contributed by atoms with van der Waals surface area (Å²) in [4.78, 5) is 1.77. The number of fused-ring (bicyclic) bond motifs is 2. The zero-order chi connectivity index (χ0) is 14.3. The van der Waals surface area contributed by atoms with E-state index in [1.807, 2.05) is 0 Å². The quantitative estimate of drug-likeness (QED) is 0.876. The van der Waals surface area contributed by atoms with Gasteiger partial charge in [-0.15, -0.1) is 11.3 Å². The van der Waals surface area contributed by atoms with E-state index in [2.05, 4.69) is 4.72 Å². The fourth-order valence-electron chi connectivity index (χ4n) is 3.79. The van der Waals surface area contributed by atoms with Crippen LogP contribution in [-0.4, -0.2) is 20.1 Å². The summed E-state index contributed by atoms with van der Waals surface area (Å²) >= 11 is 1.34. The Bertz CT molecular complexity index is 594. The minimum absolute atomic E-state index is 0.104. The Morgan fingerprint density at radius 1 is 1.40 bits per heavy atom. The average molecular weight is 315 g/mol. The molecule has 1 aromatic heterocycles. The standard InChI is InChI=1S/C14H21NO3S2/c1-9-14(6-13(8-16)19-9)20(17,18)15-7-12-5-10-2-3-11(12)4-10/h6,10-12,15-16H,2-5,7-8H2,1H3. The summed E-state index contributed by atoms with van der Waals surface area (Å²) in [6.07, 6.45) is 5.07. The summed E-state index contributed by atoms with van der Waals surface area (Å²) in [7, 11) is -3.44. The number of sulfonamides is 1. The molecular formula is C14H21NO3S2. The Balaban J connectivity index is 1.67. The molecule has 2 bridgehead atoms. The predicted molar refractivity (Wildman–Crippen MR) is 79.1 cm³/mol. The van der Waals surface area contributed by atoms with E-state index >= 15 is 0 Å². The minimum atomic E-state index is -3.44. The van der Waals surface area contributed by atoms with E-state index < -0.39 is 10.0 Å². The van der Waals surface area contributed by atoms with Crippen LogP contribution in [0.1, 0.15) is 35.4 Å². The molecule has 112 valence electrons. The van der Waals surface area contributed by atoms with Gasteiger partial charge >= 0.3 is 0 Å². The molecule has 20 heavy (non-hydrogen) atoms. The zero-order valence-electron chi connectivity index (χ0n) is 11.6. The molecule has 0 aromatic carbocycles. The second-order valence-corrected chi connectivity index (χ2v) is 9.15. The monoisotopic (exact) mass is 315 g/mol. The molecule has 6 heteroatoms. The number of hydrogen-bond donors (Lipinski definition) is 2. The fourth-order valence-corrected chi connectivity index (χ4v) is 6.38. The summed E-state index contributed by atoms with van der Waals surface area (Å²) < 4.78 is 27.5. The van der Waals surface area contributed by atoms with Crippen LogP contribution in [0.4, 0.5) is 0 Å². The highest BCUT2D eigenvalue weighted by atomic mass is 32.2. The third-order valence-corrected chi connectivity index (χ3v) is 7.50. The van der Waals surface area contributed by atoms with Gasteiger partial charge in [0.1, 0.15) is 0 Å². The summed E-state index contributed by atoms with van der Waals surface area (Å²) in [5.74, 6) is 2.07. The van der Waals surface area contributed by atoms with Crippen LogP contribution in [0.25, 0.3) is 0 Å². The van der Waals surface area contributed by atoms with Crippen LogP contribution in [0, 0.1) is 24.7 Å². The molecule has 3 atom stereocenters. The van der Waals surface area contributed by atoms with Crippen molar-refractivity contribution in [2.45, 2.75) is 44.1 Å². The van der Waals surface area contributed by atoms with Gasteiger partial charge in [-0.1, -0.05) is 6.42 Å². The van der Waals surface area contributed by atoms with E-state index in [4.69, 9.17) is 5.11 Å². The molecule has 1 heterocycles. The molecule has 2 fully saturated rings. The van der Waals surface area contributed by atoms with Crippen molar-refractivity contribution >= 4 is 21.4 Å². The second-order valence-electron chi connectivity index (χ2n) is 6.08. The molecule has 0 spiro atoms. The van der Waals surface area contributed by atoms with Crippen molar-refractivity contribution in [3.05, 3.63) is 15.8 Å². The molecule has 4 nitrogen and oxygen atoms in total. The van der Waals surface area contributed by atoms with E-state index in [9.17, 15) is 8.42 Å². The summed E-state index contributed by atoms with van der Waals surface area (Å²) in [6, 6.07) is 1.59. The van der Waals surface area contributed by atoms with Crippen LogP contribution in [0.3, 0.4) is 0 Å². The molecule has 0 aliphatic heterocycles. The first-order valence-electron chi connectivity index (χ1n) is 7.19. The Hall–Kier alpha value is -0.430. The maximum Gasteiger partial charge on any atom is 0.241 e. The van der Waals surface area contributed by atoms with Gasteiger partial charge in [-0.05, 0) is 50.0 Å². The Labute approximate surface area is 124 Å². The van der Waals surface area contributed by atoms with Crippen LogP contribution < -0.4 is 4.72 Å². The van der Waals surface area contributed by atoms with Crippen molar-refractivity contribution in [2.24, 2.45) is 17.8 Å². The maximum absolute atomic E-state index is 12.4. The van der Waals surface area contributed by atoms with Gasteiger partial charge in [-0.2, -0.15) is 0 Å². The lowest BCUT2D eigenvalue weighted by molar-refractivity contribution is 0.285. The molecule has 2 N–H and O–H groups in total. The van der Waals surface area contributed by atoms with E-state index in [-0.39, 0.29) is 6.61 Å². The molecule has 2 aliphatic rings. The highest BCUT2D eigenvalue weighted by Gasteiger charge is 2.39. The van der Waals surface area contributed by atoms with Gasteiger partial charge in [-0.3, -0.25) is 0 Å². The number of aliphatic hydroxyl groups is 1. The van der Waals surface area contributed by atoms with Crippen LogP contribution in [-0.2, 0) is 16.6 Å². The number of thiophene rings is 1. The Kier molecular flexibility index (Phi) is 3.92. The second kappa shape index (κ2) is 5.40. The number of aliphatic hydroxyl groups excluding tert-OH is 1. The van der Waals surface area contributed by atoms with Gasteiger partial charge in [0.25, 0.3) is 0 Å². The fraction of sp³-hybridized carbons (Fsp3) is 0.714. The number of nitrogens with one attached hydrogen (secondary N) is 1. The predicted octanol–water partition coefficient (Wildman–Crippen LogP) is 2.26. The Morgan fingerprint density at radius 2 is 2.20 bits per heavy atom. The minimum Gasteiger partial charge on any atom is -0.391 e. The van der Waals surface area contributed by atoms with Gasteiger partial charge in [-0.25, -0.2) is 13.1 Å². The van der Waals surface area contributed by atoms with Crippen LogP contribution in [0.2, 0.25) is 0 Å². The highest BCUT2D eigenvalue weighted by Crippen LogP contribution is 2.48. The Morgan fingerprint density at radius 3 is 2.75 bits per heavy atom. The van der Waals surface area contributed by atoms with E-state index in [1.54, 1.807) is 13.0 Å². The molecule has 2 aliphatic carbocycles. The summed E-state index contributed by atoms with van der Waals surface area (Å²) in [5.41, 5.74) is 0. The highest BCUT2D eigenvalue weighted by molar-refractivity contribution is 7.89. The molecule has 1 aromatic rings. The molecule has 2 saturated carbocycles. The molecule has 3 rings (SSSR count). The summed E-state index contributed by atoms with van der Waals surface area (Å²) in [5, 5.41) is 9.11. The number of rotatable bonds is 5. The maximum atomic E-state index is 12.4. The lowest BCUT2D eigenvalue weighted by Gasteiger charge is -2.21. The zero-order valence-corrected chi connectivity index (χ0v) is 13.3. The van der Waals surface area contributed by atoms with Crippen molar-refractivity contribution in [1.82, 2.24) is 4.72 Å². The van der Waals surface area contributed by atoms with E-state index in [0.29, 0.717) is 22.2 Å². The summed E-state index contributed by atoms with van der Waals surface area (Å²) in [6.45, 7) is 2.25. The third-order valence-electron chi connectivity index (χ3n) is 4.79. The van der Waals surface area contributed by atoms with Crippen molar-refractivity contribution in [3.63, 3.8) is 0 Å². The molecule has 3 unspecified atom stereocenters. The molecule has 0 radical (unpaired) electrons. The van der Waals surface area contributed by atoms with Crippen LogP contribution in [0.15, 0.2) is 11.0 Å². The van der Waals surface area contributed by atoms with Crippen molar-refractivity contribution in [1.29, 1.82) is 0 Å². The van der Waals surface area contributed by atoms with Gasteiger partial charge in [0, 0.05) is 16.3 Å². The van der Waals surface area contributed by atoms with Crippen LogP contribution in [0.5, 0.6) is 0 Å². The first-order valence-corrected chi connectivity index (χ1v) is 9.49. The topological polar surface area (TPSA) is 66.4 Å². The van der Waals surface area contributed by atoms with Gasteiger partial charge in [0.15, 0.2) is 0 Å². The van der Waals surface area contributed by atoms with Gasteiger partial charge in [0.05, 0.1) is 11.5 Å². The van der Waals surface area contributed by atoms with Crippen LogP contribution >= 0.6 is 11.3 Å². The van der Waals surface area contributed by atoms with Crippen molar-refractivity contribution < 1.29 is 13.5 Å². The molecular weight excluding hydrogens is 294 g/mol. The van der Waals surface area contributed by atoms with E-state index in [0.717, 1.165) is 16.7 Å². The first kappa shape index (κ1) is 14.5. The molecule has 0 amide bonds.